The third-order valence-electron chi connectivity index (χ3n) is 4.85. The molecule has 0 aliphatic carbocycles. The fraction of sp³-hybridized carbons (Fsp3) is 0.625. The highest BCUT2D eigenvalue weighted by atomic mass is 16.6. The highest BCUT2D eigenvalue weighted by Gasteiger charge is 2.28. The Kier molecular flexibility index (Phi) is 5.32. The number of likely N-dealkylation sites (tertiary alicyclic amines) is 1. The zero-order chi connectivity index (χ0) is 17.8. The lowest BCUT2D eigenvalue weighted by molar-refractivity contribution is -0.389. The van der Waals surface area contributed by atoms with Crippen LogP contribution >= 0.6 is 0 Å². The number of carbonyl (C=O) groups excluding carboxylic acids is 2. The van der Waals surface area contributed by atoms with E-state index in [0.29, 0.717) is 19.6 Å². The topological polar surface area (TPSA) is 120 Å². The zero-order valence-corrected chi connectivity index (χ0v) is 14.0. The first kappa shape index (κ1) is 17.4. The summed E-state index contributed by atoms with van der Waals surface area (Å²) in [4.78, 5) is 39.0. The molecule has 0 bridgehead atoms. The highest BCUT2D eigenvalue weighted by molar-refractivity contribution is 5.93. The number of aromatic nitrogens is 1. The number of hydrogen-bond acceptors (Lipinski definition) is 5. The van der Waals surface area contributed by atoms with Crippen LogP contribution < -0.4 is 10.6 Å². The van der Waals surface area contributed by atoms with Crippen LogP contribution in [0.1, 0.15) is 36.2 Å². The molecular weight excluding hydrogens is 326 g/mol. The third-order valence-corrected chi connectivity index (χ3v) is 4.85. The van der Waals surface area contributed by atoms with Gasteiger partial charge in [-0.25, -0.2) is 4.98 Å². The van der Waals surface area contributed by atoms with Gasteiger partial charge in [-0.1, -0.05) is 0 Å². The maximum absolute atomic E-state index is 12.5. The van der Waals surface area contributed by atoms with Crippen LogP contribution in [-0.4, -0.2) is 58.8 Å². The van der Waals surface area contributed by atoms with Crippen molar-refractivity contribution >= 4 is 17.6 Å². The Morgan fingerprint density at radius 3 is 2.84 bits per heavy atom. The van der Waals surface area contributed by atoms with E-state index in [-0.39, 0.29) is 35.3 Å². The number of amides is 2. The molecule has 9 nitrogen and oxygen atoms in total. The molecule has 1 aromatic rings. The smallest absolute Gasteiger partial charge is 0.321 e. The minimum atomic E-state index is -0.553. The van der Waals surface area contributed by atoms with Crippen LogP contribution in [0.25, 0.3) is 0 Å². The number of nitro groups is 1. The Morgan fingerprint density at radius 1 is 1.32 bits per heavy atom. The van der Waals surface area contributed by atoms with E-state index in [2.05, 4.69) is 15.6 Å². The van der Waals surface area contributed by atoms with Crippen molar-refractivity contribution < 1.29 is 14.5 Å². The van der Waals surface area contributed by atoms with Crippen LogP contribution in [0.3, 0.4) is 0 Å². The molecule has 2 atom stereocenters. The van der Waals surface area contributed by atoms with Crippen molar-refractivity contribution in [3.05, 3.63) is 27.9 Å². The van der Waals surface area contributed by atoms with Gasteiger partial charge in [0.25, 0.3) is 5.91 Å². The summed E-state index contributed by atoms with van der Waals surface area (Å²) in [7, 11) is 0. The number of nitrogens with zero attached hydrogens (tertiary/aromatic N) is 2. The van der Waals surface area contributed by atoms with E-state index in [1.165, 1.54) is 12.1 Å². The lowest BCUT2D eigenvalue weighted by Crippen LogP contribution is -2.46. The molecule has 0 saturated carbocycles. The molecule has 136 valence electrons. The first-order chi connectivity index (χ1) is 12.0. The lowest BCUT2D eigenvalue weighted by Gasteiger charge is -2.32. The van der Waals surface area contributed by atoms with Gasteiger partial charge in [-0.3, -0.25) is 9.59 Å². The Morgan fingerprint density at radius 2 is 2.16 bits per heavy atom. The molecule has 3 rings (SSSR count). The summed E-state index contributed by atoms with van der Waals surface area (Å²) in [6, 6.07) is 2.64. The predicted molar refractivity (Wildman–Crippen MR) is 90.1 cm³/mol. The van der Waals surface area contributed by atoms with Crippen molar-refractivity contribution in [2.24, 2.45) is 5.92 Å². The number of rotatable bonds is 5. The fourth-order valence-corrected chi connectivity index (χ4v) is 3.48. The number of aromatic amines is 1. The van der Waals surface area contributed by atoms with Gasteiger partial charge in [0, 0.05) is 25.7 Å². The van der Waals surface area contributed by atoms with E-state index in [4.69, 9.17) is 0 Å². The van der Waals surface area contributed by atoms with Crippen molar-refractivity contribution in [2.45, 2.75) is 31.7 Å². The monoisotopic (exact) mass is 349 g/mol. The predicted octanol–water partition coefficient (Wildman–Crippen LogP) is 0.643. The molecule has 0 radical (unpaired) electrons. The first-order valence-corrected chi connectivity index (χ1v) is 8.68. The SMILES string of the molecule is O=C(NCC1CCCN(C(=O)c2ccc([N+](=O)[O-])[nH]2)C1)C1CCCN1. The summed E-state index contributed by atoms with van der Waals surface area (Å²) in [5, 5.41) is 16.9. The maximum atomic E-state index is 12.5. The molecular formula is C16H23N5O4. The average Bonchev–Trinajstić information content (AvgIpc) is 3.30. The van der Waals surface area contributed by atoms with Crippen LogP contribution in [0.5, 0.6) is 0 Å². The van der Waals surface area contributed by atoms with Crippen LogP contribution in [0, 0.1) is 16.0 Å². The summed E-state index contributed by atoms with van der Waals surface area (Å²) < 4.78 is 0. The molecule has 2 aliphatic rings. The molecule has 25 heavy (non-hydrogen) atoms. The van der Waals surface area contributed by atoms with E-state index in [1.807, 2.05) is 0 Å². The van der Waals surface area contributed by atoms with Crippen molar-refractivity contribution in [3.8, 4) is 0 Å². The summed E-state index contributed by atoms with van der Waals surface area (Å²) in [5.74, 6) is -0.191. The van der Waals surface area contributed by atoms with Gasteiger partial charge in [-0.15, -0.1) is 0 Å². The quantitative estimate of drug-likeness (QED) is 0.532. The Bertz CT molecular complexity index is 653. The zero-order valence-electron chi connectivity index (χ0n) is 14.0. The Hall–Kier alpha value is -2.42. The molecule has 2 amide bonds. The normalized spacial score (nSPS) is 23.4. The van der Waals surface area contributed by atoms with Gasteiger partial charge in [-0.2, -0.15) is 0 Å². The lowest BCUT2D eigenvalue weighted by atomic mass is 9.97. The number of nitrogens with one attached hydrogen (secondary N) is 3. The van der Waals surface area contributed by atoms with E-state index in [1.54, 1.807) is 4.90 Å². The third kappa shape index (κ3) is 4.16. The summed E-state index contributed by atoms with van der Waals surface area (Å²) >= 11 is 0. The minimum Gasteiger partial charge on any atom is -0.358 e. The second-order valence-corrected chi connectivity index (χ2v) is 6.67. The standard InChI is InChI=1S/C16H23N5O4/c22-15(12-4-1-7-17-12)18-9-11-3-2-8-20(10-11)16(23)13-5-6-14(19-13)21(24)25/h5-6,11-12,17,19H,1-4,7-10H2,(H,18,22). The molecule has 0 aromatic carbocycles. The van der Waals surface area contributed by atoms with Crippen LogP contribution in [0.2, 0.25) is 0 Å². The molecule has 1 aromatic heterocycles. The molecule has 2 aliphatic heterocycles. The van der Waals surface area contributed by atoms with Crippen molar-refractivity contribution in [1.82, 2.24) is 20.5 Å². The van der Waals surface area contributed by atoms with Gasteiger partial charge in [0.15, 0.2) is 5.69 Å². The van der Waals surface area contributed by atoms with Crippen LogP contribution in [-0.2, 0) is 4.79 Å². The summed E-state index contributed by atoms with van der Waals surface area (Å²) in [5.41, 5.74) is 0.228. The van der Waals surface area contributed by atoms with Gasteiger partial charge in [-0.05, 0) is 49.1 Å². The van der Waals surface area contributed by atoms with Crippen molar-refractivity contribution in [1.29, 1.82) is 0 Å². The second kappa shape index (κ2) is 7.64. The second-order valence-electron chi connectivity index (χ2n) is 6.67. The largest absolute Gasteiger partial charge is 0.358 e. The van der Waals surface area contributed by atoms with Gasteiger partial charge in [0.05, 0.1) is 6.04 Å². The van der Waals surface area contributed by atoms with Gasteiger partial charge >= 0.3 is 5.82 Å². The Balaban J connectivity index is 1.52. The molecule has 9 heteroatoms. The van der Waals surface area contributed by atoms with Gasteiger partial charge < -0.3 is 25.6 Å². The van der Waals surface area contributed by atoms with E-state index in [0.717, 1.165) is 32.2 Å². The maximum Gasteiger partial charge on any atom is 0.321 e. The van der Waals surface area contributed by atoms with E-state index < -0.39 is 4.92 Å². The number of carbonyl (C=O) groups is 2. The fourth-order valence-electron chi connectivity index (χ4n) is 3.48. The van der Waals surface area contributed by atoms with Crippen molar-refractivity contribution in [2.75, 3.05) is 26.2 Å². The Labute approximate surface area is 145 Å². The summed E-state index contributed by atoms with van der Waals surface area (Å²) in [6.07, 6.45) is 3.70. The average molecular weight is 349 g/mol. The minimum absolute atomic E-state index is 0.0287. The molecule has 2 saturated heterocycles. The molecule has 3 heterocycles. The summed E-state index contributed by atoms with van der Waals surface area (Å²) in [6.45, 7) is 2.60. The van der Waals surface area contributed by atoms with Gasteiger partial charge in [0.2, 0.25) is 5.91 Å². The molecule has 3 N–H and O–H groups in total. The van der Waals surface area contributed by atoms with Gasteiger partial charge in [0.1, 0.15) is 0 Å². The van der Waals surface area contributed by atoms with Crippen LogP contribution in [0.4, 0.5) is 5.82 Å². The van der Waals surface area contributed by atoms with E-state index >= 15 is 0 Å². The molecule has 2 unspecified atom stereocenters. The van der Waals surface area contributed by atoms with Crippen molar-refractivity contribution in [3.63, 3.8) is 0 Å². The molecule has 2 fully saturated rings. The van der Waals surface area contributed by atoms with E-state index in [9.17, 15) is 19.7 Å². The molecule has 0 spiro atoms. The first-order valence-electron chi connectivity index (χ1n) is 8.68. The van der Waals surface area contributed by atoms with Crippen LogP contribution in [0.15, 0.2) is 12.1 Å². The highest BCUT2D eigenvalue weighted by Crippen LogP contribution is 2.19. The number of hydrogen-bond donors (Lipinski definition) is 3. The number of piperidine rings is 1. The number of H-pyrrole nitrogens is 1.